The molecular formula is C6H12N2O4S. The minimum absolute atomic E-state index is 0.405. The molecule has 13 heavy (non-hydrogen) atoms. The SMILES string of the molecule is NC(=O)NS(=O)(=O)C1CCOCC1. The highest BCUT2D eigenvalue weighted by molar-refractivity contribution is 7.90. The Kier molecular flexibility index (Phi) is 3.10. The Balaban J connectivity index is 2.62. The van der Waals surface area contributed by atoms with Crippen LogP contribution in [-0.2, 0) is 14.8 Å². The van der Waals surface area contributed by atoms with E-state index in [1.807, 2.05) is 0 Å². The smallest absolute Gasteiger partial charge is 0.325 e. The first-order chi connectivity index (χ1) is 6.02. The molecule has 1 aliphatic heterocycles. The van der Waals surface area contributed by atoms with Crippen molar-refractivity contribution in [3.05, 3.63) is 0 Å². The molecule has 0 spiro atoms. The molecule has 0 aromatic heterocycles. The number of nitrogens with two attached hydrogens (primary N) is 1. The highest BCUT2D eigenvalue weighted by Crippen LogP contribution is 2.14. The Hall–Kier alpha value is -0.820. The first kappa shape index (κ1) is 10.3. The number of sulfonamides is 1. The number of ether oxygens (including phenoxy) is 1. The maximum atomic E-state index is 11.3. The molecule has 1 rings (SSSR count). The summed E-state index contributed by atoms with van der Waals surface area (Å²) in [5.74, 6) is 0. The molecule has 76 valence electrons. The van der Waals surface area contributed by atoms with Crippen LogP contribution in [-0.4, -0.2) is 32.9 Å². The number of carbonyl (C=O) groups is 1. The van der Waals surface area contributed by atoms with Gasteiger partial charge in [-0.3, -0.25) is 0 Å². The van der Waals surface area contributed by atoms with E-state index in [0.717, 1.165) is 0 Å². The zero-order valence-electron chi connectivity index (χ0n) is 7.02. The van der Waals surface area contributed by atoms with Crippen LogP contribution < -0.4 is 10.5 Å². The lowest BCUT2D eigenvalue weighted by Gasteiger charge is -2.21. The number of rotatable bonds is 2. The fraction of sp³-hybridized carbons (Fsp3) is 0.833. The maximum Gasteiger partial charge on any atom is 0.325 e. The molecular weight excluding hydrogens is 196 g/mol. The van der Waals surface area contributed by atoms with E-state index in [9.17, 15) is 13.2 Å². The number of carbonyl (C=O) groups excluding carboxylic acids is 1. The van der Waals surface area contributed by atoms with Crippen molar-refractivity contribution in [2.75, 3.05) is 13.2 Å². The molecule has 0 saturated carbocycles. The van der Waals surface area contributed by atoms with Crippen LogP contribution in [0.15, 0.2) is 0 Å². The van der Waals surface area contributed by atoms with Crippen molar-refractivity contribution in [2.24, 2.45) is 5.73 Å². The lowest BCUT2D eigenvalue weighted by Crippen LogP contribution is -2.43. The summed E-state index contributed by atoms with van der Waals surface area (Å²) < 4.78 is 29.4. The third-order valence-electron chi connectivity index (χ3n) is 1.85. The van der Waals surface area contributed by atoms with Gasteiger partial charge < -0.3 is 10.5 Å². The largest absolute Gasteiger partial charge is 0.381 e. The van der Waals surface area contributed by atoms with Gasteiger partial charge in [-0.1, -0.05) is 0 Å². The van der Waals surface area contributed by atoms with Gasteiger partial charge in [0.25, 0.3) is 0 Å². The summed E-state index contributed by atoms with van der Waals surface area (Å²) in [6.07, 6.45) is 0.811. The first-order valence-electron chi connectivity index (χ1n) is 3.91. The molecule has 0 unspecified atom stereocenters. The van der Waals surface area contributed by atoms with Gasteiger partial charge in [-0.15, -0.1) is 0 Å². The van der Waals surface area contributed by atoms with E-state index >= 15 is 0 Å². The van der Waals surface area contributed by atoms with Gasteiger partial charge in [-0.05, 0) is 12.8 Å². The average Bonchev–Trinajstić information content (AvgIpc) is 2.04. The van der Waals surface area contributed by atoms with E-state index < -0.39 is 21.3 Å². The van der Waals surface area contributed by atoms with Crippen LogP contribution >= 0.6 is 0 Å². The molecule has 6 nitrogen and oxygen atoms in total. The summed E-state index contributed by atoms with van der Waals surface area (Å²) >= 11 is 0. The highest BCUT2D eigenvalue weighted by Gasteiger charge is 2.28. The van der Waals surface area contributed by atoms with Gasteiger partial charge in [0.2, 0.25) is 10.0 Å². The van der Waals surface area contributed by atoms with Crippen molar-refractivity contribution in [3.63, 3.8) is 0 Å². The molecule has 0 aromatic carbocycles. The molecule has 0 radical (unpaired) electrons. The predicted octanol–water partition coefficient (Wildman–Crippen LogP) is -0.836. The van der Waals surface area contributed by atoms with Crippen LogP contribution in [0.5, 0.6) is 0 Å². The Bertz CT molecular complexity index is 281. The predicted molar refractivity (Wildman–Crippen MR) is 45.5 cm³/mol. The Morgan fingerprint density at radius 2 is 1.92 bits per heavy atom. The van der Waals surface area contributed by atoms with Crippen molar-refractivity contribution >= 4 is 16.1 Å². The Morgan fingerprint density at radius 3 is 2.38 bits per heavy atom. The molecule has 1 aliphatic rings. The maximum absolute atomic E-state index is 11.3. The summed E-state index contributed by atoms with van der Waals surface area (Å²) in [5.41, 5.74) is 4.72. The van der Waals surface area contributed by atoms with E-state index in [0.29, 0.717) is 26.1 Å². The van der Waals surface area contributed by atoms with Crippen LogP contribution in [0, 0.1) is 0 Å². The van der Waals surface area contributed by atoms with Gasteiger partial charge in [-0.2, -0.15) is 0 Å². The number of hydrogen-bond donors (Lipinski definition) is 2. The average molecular weight is 208 g/mol. The Morgan fingerprint density at radius 1 is 1.38 bits per heavy atom. The van der Waals surface area contributed by atoms with Crippen molar-refractivity contribution < 1.29 is 17.9 Å². The van der Waals surface area contributed by atoms with Gasteiger partial charge in [-0.25, -0.2) is 17.9 Å². The molecule has 3 N–H and O–H groups in total. The summed E-state index contributed by atoms with van der Waals surface area (Å²) in [7, 11) is -3.59. The second kappa shape index (κ2) is 3.93. The zero-order valence-corrected chi connectivity index (χ0v) is 7.84. The second-order valence-corrected chi connectivity index (χ2v) is 4.78. The molecule has 7 heteroatoms. The van der Waals surface area contributed by atoms with Gasteiger partial charge in [0.1, 0.15) is 0 Å². The minimum Gasteiger partial charge on any atom is -0.381 e. The van der Waals surface area contributed by atoms with Crippen LogP contribution in [0.25, 0.3) is 0 Å². The van der Waals surface area contributed by atoms with Gasteiger partial charge in [0, 0.05) is 13.2 Å². The lowest BCUT2D eigenvalue weighted by atomic mass is 10.2. The van der Waals surface area contributed by atoms with Crippen molar-refractivity contribution in [2.45, 2.75) is 18.1 Å². The molecule has 0 bridgehead atoms. The van der Waals surface area contributed by atoms with Gasteiger partial charge in [0.05, 0.1) is 5.25 Å². The third kappa shape index (κ3) is 2.85. The summed E-state index contributed by atoms with van der Waals surface area (Å²) in [6, 6.07) is -1.04. The number of amides is 2. The summed E-state index contributed by atoms with van der Waals surface area (Å²) in [4.78, 5) is 10.4. The van der Waals surface area contributed by atoms with Crippen molar-refractivity contribution in [1.29, 1.82) is 0 Å². The topological polar surface area (TPSA) is 98.5 Å². The van der Waals surface area contributed by atoms with E-state index in [2.05, 4.69) is 0 Å². The van der Waals surface area contributed by atoms with Crippen molar-refractivity contribution in [3.8, 4) is 0 Å². The molecule has 0 atom stereocenters. The fourth-order valence-electron chi connectivity index (χ4n) is 1.21. The van der Waals surface area contributed by atoms with Crippen LogP contribution in [0.4, 0.5) is 4.79 Å². The van der Waals surface area contributed by atoms with E-state index in [4.69, 9.17) is 10.5 Å². The van der Waals surface area contributed by atoms with Crippen LogP contribution in [0.1, 0.15) is 12.8 Å². The molecule has 1 saturated heterocycles. The quantitative estimate of drug-likeness (QED) is 0.618. The summed E-state index contributed by atoms with van der Waals surface area (Å²) in [5, 5.41) is -0.561. The normalized spacial score (nSPS) is 19.7. The number of nitrogens with one attached hydrogen (secondary N) is 1. The molecule has 2 amide bonds. The molecule has 1 fully saturated rings. The number of primary amides is 1. The van der Waals surface area contributed by atoms with Gasteiger partial charge in [0.15, 0.2) is 0 Å². The van der Waals surface area contributed by atoms with E-state index in [1.54, 1.807) is 4.72 Å². The third-order valence-corrected chi connectivity index (χ3v) is 3.68. The minimum atomic E-state index is -3.59. The first-order valence-corrected chi connectivity index (χ1v) is 5.46. The fourth-order valence-corrected chi connectivity index (χ4v) is 2.47. The highest BCUT2D eigenvalue weighted by atomic mass is 32.2. The summed E-state index contributed by atoms with van der Waals surface area (Å²) in [6.45, 7) is 0.814. The molecule has 1 heterocycles. The zero-order chi connectivity index (χ0) is 9.90. The lowest BCUT2D eigenvalue weighted by molar-refractivity contribution is 0.0982. The monoisotopic (exact) mass is 208 g/mol. The number of hydrogen-bond acceptors (Lipinski definition) is 4. The second-order valence-electron chi connectivity index (χ2n) is 2.82. The van der Waals surface area contributed by atoms with Gasteiger partial charge >= 0.3 is 6.03 Å². The van der Waals surface area contributed by atoms with Crippen LogP contribution in [0.3, 0.4) is 0 Å². The molecule has 0 aromatic rings. The van der Waals surface area contributed by atoms with Crippen molar-refractivity contribution in [1.82, 2.24) is 4.72 Å². The molecule has 0 aliphatic carbocycles. The van der Waals surface area contributed by atoms with E-state index in [1.165, 1.54) is 0 Å². The Labute approximate surface area is 76.5 Å². The van der Waals surface area contributed by atoms with E-state index in [-0.39, 0.29) is 0 Å². The number of urea groups is 1. The standard InChI is InChI=1S/C6H12N2O4S/c7-6(9)8-13(10,11)5-1-3-12-4-2-5/h5H,1-4H2,(H3,7,8,9). The van der Waals surface area contributed by atoms with Crippen LogP contribution in [0.2, 0.25) is 0 Å².